The van der Waals surface area contributed by atoms with E-state index in [1.165, 1.54) is 0 Å². The number of hydrogen-bond acceptors (Lipinski definition) is 4. The number of hydrazone groups is 1. The van der Waals surface area contributed by atoms with E-state index in [1.807, 2.05) is 25.1 Å². The maximum atomic E-state index is 11.8. The molecule has 0 aliphatic carbocycles. The Hall–Kier alpha value is -2.12. The van der Waals surface area contributed by atoms with E-state index in [0.29, 0.717) is 16.0 Å². The van der Waals surface area contributed by atoms with Gasteiger partial charge in [0.25, 0.3) is 5.91 Å². The fraction of sp³-hybridized carbons (Fsp3) is 0.158. The standard InChI is InChI=1S/C19H18Br2N2O3/c1-12(2)15-6-4-13(8-16(15)20)10-22-23-19(24)11-26-18-7-5-14(25-3)9-17(18)21/h4-10H,1,11H2,2-3H3,(H,23,24)/b22-10+. The molecule has 0 atom stereocenters. The van der Waals surface area contributed by atoms with Crippen molar-refractivity contribution in [1.82, 2.24) is 5.43 Å². The Morgan fingerprint density at radius 2 is 2.00 bits per heavy atom. The molecule has 0 aromatic heterocycles. The number of carbonyl (C=O) groups is 1. The van der Waals surface area contributed by atoms with Crippen LogP contribution in [-0.4, -0.2) is 25.8 Å². The van der Waals surface area contributed by atoms with Crippen molar-refractivity contribution in [2.24, 2.45) is 5.10 Å². The predicted octanol–water partition coefficient (Wildman–Crippen LogP) is 4.78. The summed E-state index contributed by atoms with van der Waals surface area (Å²) in [4.78, 5) is 11.8. The molecule has 0 heterocycles. The van der Waals surface area contributed by atoms with Gasteiger partial charge in [0, 0.05) is 4.47 Å². The highest BCUT2D eigenvalue weighted by molar-refractivity contribution is 9.10. The van der Waals surface area contributed by atoms with E-state index in [2.05, 4.69) is 49.0 Å². The summed E-state index contributed by atoms with van der Waals surface area (Å²) in [5, 5.41) is 3.94. The minimum Gasteiger partial charge on any atom is -0.497 e. The minimum atomic E-state index is -0.360. The van der Waals surface area contributed by atoms with Crippen molar-refractivity contribution in [3.05, 3.63) is 63.0 Å². The van der Waals surface area contributed by atoms with Gasteiger partial charge in [-0.05, 0) is 63.8 Å². The Bertz CT molecular complexity index is 851. The monoisotopic (exact) mass is 480 g/mol. The highest BCUT2D eigenvalue weighted by Crippen LogP contribution is 2.29. The molecule has 0 fully saturated rings. The van der Waals surface area contributed by atoms with E-state index in [9.17, 15) is 4.79 Å². The Balaban J connectivity index is 1.87. The lowest BCUT2D eigenvalue weighted by Gasteiger charge is -2.08. The zero-order valence-electron chi connectivity index (χ0n) is 14.4. The number of benzene rings is 2. The summed E-state index contributed by atoms with van der Waals surface area (Å²) < 4.78 is 12.2. The van der Waals surface area contributed by atoms with Crippen LogP contribution < -0.4 is 14.9 Å². The van der Waals surface area contributed by atoms with Gasteiger partial charge in [-0.15, -0.1) is 0 Å². The van der Waals surface area contributed by atoms with Gasteiger partial charge in [-0.2, -0.15) is 5.10 Å². The van der Waals surface area contributed by atoms with Crippen LogP contribution >= 0.6 is 31.9 Å². The number of hydrogen-bond donors (Lipinski definition) is 1. The molecule has 0 spiro atoms. The third-order valence-electron chi connectivity index (χ3n) is 3.35. The fourth-order valence-corrected chi connectivity index (χ4v) is 3.24. The summed E-state index contributed by atoms with van der Waals surface area (Å²) in [5.74, 6) is 0.882. The van der Waals surface area contributed by atoms with Gasteiger partial charge in [-0.25, -0.2) is 5.43 Å². The van der Waals surface area contributed by atoms with Crippen LogP contribution in [-0.2, 0) is 4.79 Å². The lowest BCUT2D eigenvalue weighted by atomic mass is 10.1. The molecule has 26 heavy (non-hydrogen) atoms. The van der Waals surface area contributed by atoms with E-state index in [4.69, 9.17) is 9.47 Å². The molecule has 2 rings (SSSR count). The Labute approximate surface area is 169 Å². The van der Waals surface area contributed by atoms with Gasteiger partial charge in [-0.1, -0.05) is 34.6 Å². The van der Waals surface area contributed by atoms with Crippen LogP contribution in [0.25, 0.3) is 5.57 Å². The van der Waals surface area contributed by atoms with Crippen LogP contribution in [0.4, 0.5) is 0 Å². The van der Waals surface area contributed by atoms with Crippen molar-refractivity contribution in [3.8, 4) is 11.5 Å². The molecule has 136 valence electrons. The number of allylic oxidation sites excluding steroid dienone is 1. The van der Waals surface area contributed by atoms with E-state index in [-0.39, 0.29) is 12.5 Å². The van der Waals surface area contributed by atoms with Gasteiger partial charge in [0.1, 0.15) is 11.5 Å². The summed E-state index contributed by atoms with van der Waals surface area (Å²) in [6.07, 6.45) is 1.56. The molecule has 0 aliphatic heterocycles. The Morgan fingerprint density at radius 3 is 2.62 bits per heavy atom. The van der Waals surface area contributed by atoms with Crippen molar-refractivity contribution >= 4 is 49.6 Å². The number of rotatable bonds is 7. The summed E-state index contributed by atoms with van der Waals surface area (Å²) in [6.45, 7) is 5.71. The lowest BCUT2D eigenvalue weighted by molar-refractivity contribution is -0.123. The normalized spacial score (nSPS) is 10.6. The second-order valence-electron chi connectivity index (χ2n) is 5.40. The van der Waals surface area contributed by atoms with Crippen LogP contribution in [0, 0.1) is 0 Å². The van der Waals surface area contributed by atoms with E-state index >= 15 is 0 Å². The van der Waals surface area contributed by atoms with Gasteiger partial charge in [0.2, 0.25) is 0 Å². The highest BCUT2D eigenvalue weighted by atomic mass is 79.9. The molecule has 2 aromatic carbocycles. The number of halogens is 2. The number of methoxy groups -OCH3 is 1. The molecule has 0 saturated heterocycles. The van der Waals surface area contributed by atoms with Crippen LogP contribution in [0.5, 0.6) is 11.5 Å². The molecular formula is C19H18Br2N2O3. The molecule has 0 bridgehead atoms. The van der Waals surface area contributed by atoms with Crippen LogP contribution in [0.2, 0.25) is 0 Å². The van der Waals surface area contributed by atoms with Crippen LogP contribution in [0.15, 0.2) is 57.0 Å². The molecule has 2 aromatic rings. The van der Waals surface area contributed by atoms with E-state index in [1.54, 1.807) is 31.5 Å². The third-order valence-corrected chi connectivity index (χ3v) is 4.63. The molecule has 5 nitrogen and oxygen atoms in total. The quantitative estimate of drug-likeness (QED) is 0.457. The molecule has 0 radical (unpaired) electrons. The predicted molar refractivity (Wildman–Crippen MR) is 111 cm³/mol. The zero-order chi connectivity index (χ0) is 19.1. The zero-order valence-corrected chi connectivity index (χ0v) is 17.6. The topological polar surface area (TPSA) is 59.9 Å². The molecule has 0 unspecified atom stereocenters. The number of ether oxygens (including phenoxy) is 2. The molecule has 0 saturated carbocycles. The minimum absolute atomic E-state index is 0.152. The number of carbonyl (C=O) groups excluding carboxylic acids is 1. The average Bonchev–Trinajstić information content (AvgIpc) is 2.60. The van der Waals surface area contributed by atoms with Crippen LogP contribution in [0.1, 0.15) is 18.1 Å². The first-order valence-electron chi connectivity index (χ1n) is 7.64. The number of nitrogens with one attached hydrogen (secondary N) is 1. The van der Waals surface area contributed by atoms with Gasteiger partial charge in [0.15, 0.2) is 6.61 Å². The highest BCUT2D eigenvalue weighted by Gasteiger charge is 2.06. The SMILES string of the molecule is C=C(C)c1ccc(/C=N/NC(=O)COc2ccc(OC)cc2Br)cc1Br. The van der Waals surface area contributed by atoms with Gasteiger partial charge in [-0.3, -0.25) is 4.79 Å². The Morgan fingerprint density at radius 1 is 1.23 bits per heavy atom. The van der Waals surface area contributed by atoms with Crippen molar-refractivity contribution in [1.29, 1.82) is 0 Å². The Kier molecular flexibility index (Phi) is 7.41. The second kappa shape index (κ2) is 9.54. The number of nitrogens with zero attached hydrogens (tertiary/aromatic N) is 1. The third kappa shape index (κ3) is 5.71. The molecule has 1 N–H and O–H groups in total. The summed E-state index contributed by atoms with van der Waals surface area (Å²) in [7, 11) is 1.58. The van der Waals surface area contributed by atoms with Crippen molar-refractivity contribution in [3.63, 3.8) is 0 Å². The van der Waals surface area contributed by atoms with Crippen molar-refractivity contribution in [2.75, 3.05) is 13.7 Å². The molecular weight excluding hydrogens is 464 g/mol. The fourth-order valence-electron chi connectivity index (χ4n) is 2.04. The first-order valence-corrected chi connectivity index (χ1v) is 9.23. The van der Waals surface area contributed by atoms with Crippen molar-refractivity contribution in [2.45, 2.75) is 6.92 Å². The van der Waals surface area contributed by atoms with E-state index in [0.717, 1.165) is 21.2 Å². The van der Waals surface area contributed by atoms with Crippen LogP contribution in [0.3, 0.4) is 0 Å². The molecule has 0 aliphatic rings. The smallest absolute Gasteiger partial charge is 0.277 e. The van der Waals surface area contributed by atoms with E-state index < -0.39 is 0 Å². The average molecular weight is 482 g/mol. The number of amides is 1. The second-order valence-corrected chi connectivity index (χ2v) is 7.11. The summed E-state index contributed by atoms with van der Waals surface area (Å²) in [6, 6.07) is 11.0. The first kappa shape index (κ1) is 20.2. The van der Waals surface area contributed by atoms with Gasteiger partial charge < -0.3 is 9.47 Å². The molecule has 7 heteroatoms. The first-order chi connectivity index (χ1) is 12.4. The van der Waals surface area contributed by atoms with Gasteiger partial charge in [0.05, 0.1) is 17.8 Å². The van der Waals surface area contributed by atoms with Crippen molar-refractivity contribution < 1.29 is 14.3 Å². The molecule has 1 amide bonds. The maximum absolute atomic E-state index is 11.8. The maximum Gasteiger partial charge on any atom is 0.277 e. The largest absolute Gasteiger partial charge is 0.497 e. The van der Waals surface area contributed by atoms with Gasteiger partial charge >= 0.3 is 0 Å². The summed E-state index contributed by atoms with van der Waals surface area (Å²) in [5.41, 5.74) is 5.28. The summed E-state index contributed by atoms with van der Waals surface area (Å²) >= 11 is 6.86. The lowest BCUT2D eigenvalue weighted by Crippen LogP contribution is -2.24.